The Kier molecular flexibility index (Phi) is 5.69. The number of benzene rings is 2. The lowest BCUT2D eigenvalue weighted by Crippen LogP contribution is -2.18. The molecule has 1 atom stereocenters. The summed E-state index contributed by atoms with van der Waals surface area (Å²) in [5, 5.41) is 13.6. The van der Waals surface area contributed by atoms with Gasteiger partial charge in [-0.2, -0.15) is 0 Å². The predicted octanol–water partition coefficient (Wildman–Crippen LogP) is 3.21. The summed E-state index contributed by atoms with van der Waals surface area (Å²) in [5.74, 6) is -0.203. The molecule has 1 unspecified atom stereocenters. The van der Waals surface area contributed by atoms with Crippen molar-refractivity contribution in [2.24, 2.45) is 5.73 Å². The Bertz CT molecular complexity index is 769. The Balaban J connectivity index is 2.06. The number of nitro benzene ring substituents is 1. The highest BCUT2D eigenvalue weighted by Crippen LogP contribution is 2.25. The normalized spacial score (nSPS) is 11.6. The number of non-ortho nitro benzene ring substituents is 1. The van der Waals surface area contributed by atoms with Gasteiger partial charge in [0.2, 0.25) is 5.91 Å². The lowest BCUT2D eigenvalue weighted by molar-refractivity contribution is -0.384. The van der Waals surface area contributed by atoms with Crippen LogP contribution in [0.3, 0.4) is 0 Å². The fourth-order valence-corrected chi connectivity index (χ4v) is 2.16. The molecule has 126 valence electrons. The van der Waals surface area contributed by atoms with Gasteiger partial charge in [0.05, 0.1) is 10.6 Å². The zero-order chi connectivity index (χ0) is 17.7. The van der Waals surface area contributed by atoms with Gasteiger partial charge in [-0.3, -0.25) is 25.2 Å². The second-order valence-corrected chi connectivity index (χ2v) is 5.34. The quantitative estimate of drug-likeness (QED) is 0.418. The number of hydrogen-bond acceptors (Lipinski definition) is 6. The van der Waals surface area contributed by atoms with Crippen LogP contribution in [0.15, 0.2) is 42.5 Å². The minimum Gasteiger partial charge on any atom is -0.326 e. The number of halogens is 1. The molecule has 0 saturated heterocycles. The number of rotatable bonds is 6. The van der Waals surface area contributed by atoms with E-state index in [1.54, 1.807) is 24.3 Å². The third kappa shape index (κ3) is 4.92. The molecule has 0 spiro atoms. The minimum atomic E-state index is -0.864. The first-order chi connectivity index (χ1) is 11.3. The van der Waals surface area contributed by atoms with Crippen LogP contribution in [0.1, 0.15) is 18.7 Å². The molecule has 2 aromatic rings. The highest BCUT2D eigenvalue weighted by molar-refractivity contribution is 6.31. The largest absolute Gasteiger partial charge is 0.326 e. The predicted molar refractivity (Wildman–Crippen MR) is 90.5 cm³/mol. The third-order valence-corrected chi connectivity index (χ3v) is 3.15. The number of nitro groups is 1. The van der Waals surface area contributed by atoms with E-state index < -0.39 is 11.2 Å². The molecule has 0 fully saturated rings. The van der Waals surface area contributed by atoms with E-state index in [-0.39, 0.29) is 16.6 Å². The Morgan fingerprint density at radius 1 is 1.29 bits per heavy atom. The number of carbonyl (C=O) groups excluding carboxylic acids is 1. The lowest BCUT2D eigenvalue weighted by atomic mass is 10.2. The summed E-state index contributed by atoms with van der Waals surface area (Å²) in [7, 11) is 0. The summed E-state index contributed by atoms with van der Waals surface area (Å²) >= 11 is 5.82. The van der Waals surface area contributed by atoms with Gasteiger partial charge in [0.1, 0.15) is 0 Å². The molecule has 9 heteroatoms. The maximum atomic E-state index is 11.1. The Hall–Kier alpha value is -2.68. The van der Waals surface area contributed by atoms with Gasteiger partial charge in [0, 0.05) is 29.8 Å². The number of nitrogens with two attached hydrogens (primary N) is 1. The third-order valence-electron chi connectivity index (χ3n) is 2.93. The van der Waals surface area contributed by atoms with Crippen molar-refractivity contribution in [3.63, 3.8) is 0 Å². The summed E-state index contributed by atoms with van der Waals surface area (Å²) in [5.41, 5.74) is 9.76. The van der Waals surface area contributed by atoms with Gasteiger partial charge >= 0.3 is 0 Å². The number of nitrogens with one attached hydrogen (secondary N) is 2. The van der Waals surface area contributed by atoms with Crippen LogP contribution in [0, 0.1) is 10.1 Å². The first-order valence-corrected chi connectivity index (χ1v) is 7.23. The Labute approximate surface area is 142 Å². The van der Waals surface area contributed by atoms with Crippen LogP contribution in [0.25, 0.3) is 0 Å². The average Bonchev–Trinajstić information content (AvgIpc) is 2.51. The van der Waals surface area contributed by atoms with Crippen molar-refractivity contribution in [2.75, 3.05) is 10.8 Å². The number of anilines is 2. The monoisotopic (exact) mass is 350 g/mol. The molecule has 0 saturated carbocycles. The van der Waals surface area contributed by atoms with Crippen LogP contribution in [0.5, 0.6) is 0 Å². The van der Waals surface area contributed by atoms with Crippen molar-refractivity contribution in [2.45, 2.75) is 13.2 Å². The summed E-state index contributed by atoms with van der Waals surface area (Å²) in [6.45, 7) is 1.40. The van der Waals surface area contributed by atoms with Crippen molar-refractivity contribution in [3.8, 4) is 0 Å². The molecular formula is C15H15ClN4O4. The minimum absolute atomic E-state index is 0.171. The van der Waals surface area contributed by atoms with Crippen LogP contribution in [-0.4, -0.2) is 10.8 Å². The molecule has 1 amide bonds. The van der Waals surface area contributed by atoms with E-state index >= 15 is 0 Å². The highest BCUT2D eigenvalue weighted by Gasteiger charge is 2.12. The zero-order valence-corrected chi connectivity index (χ0v) is 13.4. The smallest absolute Gasteiger partial charge is 0.273 e. The topological polar surface area (TPSA) is 120 Å². The summed E-state index contributed by atoms with van der Waals surface area (Å²) in [6, 6.07) is 10.8. The highest BCUT2D eigenvalue weighted by atomic mass is 35.5. The molecule has 0 heterocycles. The van der Waals surface area contributed by atoms with E-state index in [4.69, 9.17) is 22.2 Å². The van der Waals surface area contributed by atoms with E-state index in [0.717, 1.165) is 0 Å². The van der Waals surface area contributed by atoms with Gasteiger partial charge in [0.15, 0.2) is 6.23 Å². The molecule has 24 heavy (non-hydrogen) atoms. The number of hydrogen-bond donors (Lipinski definition) is 3. The van der Waals surface area contributed by atoms with Gasteiger partial charge in [-0.25, -0.2) is 0 Å². The number of amides is 1. The first-order valence-electron chi connectivity index (χ1n) is 6.85. The molecule has 0 aliphatic heterocycles. The van der Waals surface area contributed by atoms with Crippen molar-refractivity contribution in [1.82, 2.24) is 0 Å². The number of nitrogens with zero attached hydrogens (tertiary/aromatic N) is 1. The maximum Gasteiger partial charge on any atom is 0.273 e. The van der Waals surface area contributed by atoms with Gasteiger partial charge in [-0.15, -0.1) is 0 Å². The van der Waals surface area contributed by atoms with Crippen molar-refractivity contribution in [1.29, 1.82) is 0 Å². The van der Waals surface area contributed by atoms with E-state index in [2.05, 4.69) is 10.8 Å². The lowest BCUT2D eigenvalue weighted by Gasteiger charge is -2.15. The molecule has 0 radical (unpaired) electrons. The SMILES string of the molecule is CC(=O)Nc1cccc(C(N)ONc2cc(Cl)cc([N+](=O)[O-])c2)c1. The van der Waals surface area contributed by atoms with Crippen LogP contribution >= 0.6 is 11.6 Å². The summed E-state index contributed by atoms with van der Waals surface area (Å²) < 4.78 is 0. The van der Waals surface area contributed by atoms with Crippen LogP contribution < -0.4 is 16.5 Å². The molecular weight excluding hydrogens is 336 g/mol. The second kappa shape index (κ2) is 7.73. The molecule has 0 aliphatic rings. The Morgan fingerprint density at radius 3 is 2.71 bits per heavy atom. The van der Waals surface area contributed by atoms with Gasteiger partial charge in [0.25, 0.3) is 5.69 Å². The van der Waals surface area contributed by atoms with Crippen LogP contribution in [0.4, 0.5) is 17.1 Å². The van der Waals surface area contributed by atoms with Crippen LogP contribution in [0.2, 0.25) is 5.02 Å². The molecule has 0 aromatic heterocycles. The van der Waals surface area contributed by atoms with Gasteiger partial charge in [-0.05, 0) is 23.8 Å². The molecule has 8 nitrogen and oxygen atoms in total. The molecule has 0 aliphatic carbocycles. The maximum absolute atomic E-state index is 11.1. The second-order valence-electron chi connectivity index (χ2n) is 4.90. The molecule has 2 aromatic carbocycles. The Morgan fingerprint density at radius 2 is 2.04 bits per heavy atom. The van der Waals surface area contributed by atoms with E-state index in [1.165, 1.54) is 25.1 Å². The first kappa shape index (κ1) is 17.7. The van der Waals surface area contributed by atoms with Crippen molar-refractivity contribution >= 4 is 34.6 Å². The molecule has 2 rings (SSSR count). The van der Waals surface area contributed by atoms with Crippen molar-refractivity contribution < 1.29 is 14.6 Å². The average molecular weight is 351 g/mol. The summed E-state index contributed by atoms with van der Waals surface area (Å²) in [4.78, 5) is 26.6. The van der Waals surface area contributed by atoms with E-state index in [9.17, 15) is 14.9 Å². The molecule has 0 bridgehead atoms. The summed E-state index contributed by atoms with van der Waals surface area (Å²) in [6.07, 6.45) is -0.864. The van der Waals surface area contributed by atoms with E-state index in [0.29, 0.717) is 16.9 Å². The van der Waals surface area contributed by atoms with Crippen molar-refractivity contribution in [3.05, 3.63) is 63.2 Å². The zero-order valence-electron chi connectivity index (χ0n) is 12.7. The standard InChI is InChI=1S/C15H15ClN4O4/c1-9(21)18-12-4-2-3-10(5-12)15(17)24-19-13-6-11(16)7-14(8-13)20(22)23/h2-8,15,19H,17H2,1H3,(H,18,21). The fraction of sp³-hybridized carbons (Fsp3) is 0.133. The fourth-order valence-electron chi connectivity index (χ4n) is 1.93. The number of carbonyl (C=O) groups is 1. The van der Waals surface area contributed by atoms with Gasteiger partial charge < -0.3 is 11.1 Å². The van der Waals surface area contributed by atoms with Gasteiger partial charge in [-0.1, -0.05) is 23.7 Å². The van der Waals surface area contributed by atoms with Crippen LogP contribution in [-0.2, 0) is 9.63 Å². The molecule has 4 N–H and O–H groups in total. The van der Waals surface area contributed by atoms with E-state index in [1.807, 2.05) is 0 Å².